The maximum absolute atomic E-state index is 5.49. The molecule has 0 unspecified atom stereocenters. The number of rotatable bonds is 1. The van der Waals surface area contributed by atoms with Crippen LogP contribution in [0.2, 0.25) is 0 Å². The van der Waals surface area contributed by atoms with Gasteiger partial charge in [0.1, 0.15) is 5.52 Å². The molecule has 0 aliphatic carbocycles. The van der Waals surface area contributed by atoms with Crippen LogP contribution < -0.4 is 5.73 Å². The molecular weight excluding hydrogens is 154 g/mol. The Morgan fingerprint density at radius 3 is 3.08 bits per heavy atom. The summed E-state index contributed by atoms with van der Waals surface area (Å²) in [5.41, 5.74) is 7.90. The summed E-state index contributed by atoms with van der Waals surface area (Å²) in [5, 5.41) is 0. The lowest BCUT2D eigenvalue weighted by atomic mass is 10.3. The Hall–Kier alpha value is -1.65. The Kier molecular flexibility index (Phi) is 1.43. The van der Waals surface area contributed by atoms with E-state index in [0.29, 0.717) is 11.6 Å². The van der Waals surface area contributed by atoms with Gasteiger partial charge in [-0.15, -0.1) is 0 Å². The molecule has 0 fully saturated rings. The molecule has 0 bridgehead atoms. The van der Waals surface area contributed by atoms with Crippen LogP contribution in [0.4, 0.5) is 5.95 Å². The molecule has 5 nitrogen and oxygen atoms in total. The van der Waals surface area contributed by atoms with Crippen LogP contribution in [0.5, 0.6) is 0 Å². The van der Waals surface area contributed by atoms with Gasteiger partial charge in [0.05, 0.1) is 12.0 Å². The summed E-state index contributed by atoms with van der Waals surface area (Å²) < 4.78 is 0. The average molecular weight is 163 g/mol. The highest BCUT2D eigenvalue weighted by Crippen LogP contribution is 2.11. The maximum atomic E-state index is 5.49. The molecule has 0 saturated carbocycles. The van der Waals surface area contributed by atoms with E-state index in [1.807, 2.05) is 6.92 Å². The number of imidazole rings is 1. The van der Waals surface area contributed by atoms with Crippen LogP contribution in [-0.2, 0) is 6.42 Å². The van der Waals surface area contributed by atoms with E-state index in [9.17, 15) is 0 Å². The monoisotopic (exact) mass is 163 g/mol. The molecule has 0 aliphatic heterocycles. The van der Waals surface area contributed by atoms with Gasteiger partial charge in [0.15, 0.2) is 5.65 Å². The highest BCUT2D eigenvalue weighted by atomic mass is 15.1. The molecule has 0 amide bonds. The van der Waals surface area contributed by atoms with E-state index in [-0.39, 0.29) is 0 Å². The number of hydrogen-bond acceptors (Lipinski definition) is 4. The Morgan fingerprint density at radius 2 is 2.33 bits per heavy atom. The van der Waals surface area contributed by atoms with Gasteiger partial charge in [0, 0.05) is 0 Å². The van der Waals surface area contributed by atoms with Gasteiger partial charge in [0.2, 0.25) is 5.95 Å². The Bertz CT molecular complexity index is 405. The normalized spacial score (nSPS) is 10.8. The number of aryl methyl sites for hydroxylation is 1. The highest BCUT2D eigenvalue weighted by Gasteiger charge is 2.05. The standard InChI is InChI=1S/C7H9N5/c1-2-4-5-6(10-3-9-5)12-7(8)11-4/h3H,2H2,1H3,(H3,8,9,10,11,12). The van der Waals surface area contributed by atoms with E-state index in [1.54, 1.807) is 6.33 Å². The van der Waals surface area contributed by atoms with E-state index in [0.717, 1.165) is 17.6 Å². The molecule has 2 aromatic heterocycles. The topological polar surface area (TPSA) is 80.5 Å². The van der Waals surface area contributed by atoms with Crippen molar-refractivity contribution < 1.29 is 0 Å². The van der Waals surface area contributed by atoms with Crippen LogP contribution in [0.1, 0.15) is 12.6 Å². The van der Waals surface area contributed by atoms with Gasteiger partial charge in [-0.05, 0) is 6.42 Å². The summed E-state index contributed by atoms with van der Waals surface area (Å²) >= 11 is 0. The number of nitrogens with one attached hydrogen (secondary N) is 1. The van der Waals surface area contributed by atoms with Crippen molar-refractivity contribution in [2.45, 2.75) is 13.3 Å². The fourth-order valence-corrected chi connectivity index (χ4v) is 1.16. The fourth-order valence-electron chi connectivity index (χ4n) is 1.16. The third kappa shape index (κ3) is 0.903. The molecule has 2 aromatic rings. The van der Waals surface area contributed by atoms with Crippen molar-refractivity contribution in [1.82, 2.24) is 19.9 Å². The summed E-state index contributed by atoms with van der Waals surface area (Å²) in [7, 11) is 0. The van der Waals surface area contributed by atoms with Crippen molar-refractivity contribution in [3.05, 3.63) is 12.0 Å². The number of nitrogens with two attached hydrogens (primary N) is 1. The van der Waals surface area contributed by atoms with Gasteiger partial charge in [-0.1, -0.05) is 6.92 Å². The van der Waals surface area contributed by atoms with E-state index in [2.05, 4.69) is 19.9 Å². The van der Waals surface area contributed by atoms with Crippen molar-refractivity contribution in [2.75, 3.05) is 5.73 Å². The van der Waals surface area contributed by atoms with Crippen LogP contribution in [0.25, 0.3) is 11.2 Å². The Labute approximate surface area is 69.1 Å². The molecule has 0 radical (unpaired) electrons. The SMILES string of the molecule is CCc1nc(N)nc2[nH]cnc12. The van der Waals surface area contributed by atoms with E-state index < -0.39 is 0 Å². The summed E-state index contributed by atoms with van der Waals surface area (Å²) in [6.45, 7) is 2.01. The number of H-pyrrole nitrogens is 1. The number of aromatic nitrogens is 4. The third-order valence-electron chi connectivity index (χ3n) is 1.70. The summed E-state index contributed by atoms with van der Waals surface area (Å²) in [6.07, 6.45) is 2.41. The lowest BCUT2D eigenvalue weighted by molar-refractivity contribution is 1.03. The molecule has 0 aliphatic rings. The minimum atomic E-state index is 0.295. The number of aromatic amines is 1. The second-order valence-corrected chi connectivity index (χ2v) is 2.48. The van der Waals surface area contributed by atoms with Crippen LogP contribution >= 0.6 is 0 Å². The molecule has 2 rings (SSSR count). The molecule has 62 valence electrons. The zero-order valence-electron chi connectivity index (χ0n) is 6.70. The van der Waals surface area contributed by atoms with Gasteiger partial charge in [-0.25, -0.2) is 9.97 Å². The van der Waals surface area contributed by atoms with Crippen LogP contribution in [0, 0.1) is 0 Å². The predicted octanol–water partition coefficient (Wildman–Crippen LogP) is 0.498. The van der Waals surface area contributed by atoms with E-state index in [4.69, 9.17) is 5.73 Å². The molecule has 5 heteroatoms. The second kappa shape index (κ2) is 2.44. The number of fused-ring (bicyclic) bond motifs is 1. The van der Waals surface area contributed by atoms with Crippen molar-refractivity contribution >= 4 is 17.1 Å². The second-order valence-electron chi connectivity index (χ2n) is 2.48. The van der Waals surface area contributed by atoms with E-state index in [1.165, 1.54) is 0 Å². The first-order chi connectivity index (χ1) is 5.81. The quantitative estimate of drug-likeness (QED) is 0.641. The predicted molar refractivity (Wildman–Crippen MR) is 45.5 cm³/mol. The fraction of sp³-hybridized carbons (Fsp3) is 0.286. The largest absolute Gasteiger partial charge is 0.368 e. The molecule has 0 saturated heterocycles. The Morgan fingerprint density at radius 1 is 1.50 bits per heavy atom. The molecule has 0 aromatic carbocycles. The number of nitrogens with zero attached hydrogens (tertiary/aromatic N) is 3. The molecule has 12 heavy (non-hydrogen) atoms. The van der Waals surface area contributed by atoms with E-state index >= 15 is 0 Å². The molecule has 3 N–H and O–H groups in total. The highest BCUT2D eigenvalue weighted by molar-refractivity contribution is 5.73. The first-order valence-electron chi connectivity index (χ1n) is 3.76. The van der Waals surface area contributed by atoms with Crippen LogP contribution in [0.3, 0.4) is 0 Å². The van der Waals surface area contributed by atoms with Crippen LogP contribution in [-0.4, -0.2) is 19.9 Å². The lowest BCUT2D eigenvalue weighted by Crippen LogP contribution is -1.99. The number of anilines is 1. The number of hydrogen-bond donors (Lipinski definition) is 2. The molecular formula is C7H9N5. The van der Waals surface area contributed by atoms with Crippen molar-refractivity contribution in [3.8, 4) is 0 Å². The summed E-state index contributed by atoms with van der Waals surface area (Å²) in [6, 6.07) is 0. The molecule has 2 heterocycles. The molecule has 0 atom stereocenters. The number of nitrogen functional groups attached to an aromatic ring is 1. The van der Waals surface area contributed by atoms with Crippen molar-refractivity contribution in [2.24, 2.45) is 0 Å². The minimum Gasteiger partial charge on any atom is -0.368 e. The first kappa shape index (κ1) is 7.02. The molecule has 0 spiro atoms. The van der Waals surface area contributed by atoms with Crippen molar-refractivity contribution in [3.63, 3.8) is 0 Å². The van der Waals surface area contributed by atoms with Gasteiger partial charge in [-0.3, -0.25) is 0 Å². The zero-order valence-corrected chi connectivity index (χ0v) is 6.70. The minimum absolute atomic E-state index is 0.295. The first-order valence-corrected chi connectivity index (χ1v) is 3.76. The van der Waals surface area contributed by atoms with Gasteiger partial charge in [0.25, 0.3) is 0 Å². The Balaban J connectivity index is 2.80. The summed E-state index contributed by atoms with van der Waals surface area (Å²) in [4.78, 5) is 15.1. The summed E-state index contributed by atoms with van der Waals surface area (Å²) in [5.74, 6) is 0.295. The smallest absolute Gasteiger partial charge is 0.222 e. The maximum Gasteiger partial charge on any atom is 0.222 e. The van der Waals surface area contributed by atoms with Crippen LogP contribution in [0.15, 0.2) is 6.33 Å². The van der Waals surface area contributed by atoms with Gasteiger partial charge < -0.3 is 10.7 Å². The lowest BCUT2D eigenvalue weighted by Gasteiger charge is -1.97. The van der Waals surface area contributed by atoms with Gasteiger partial charge in [-0.2, -0.15) is 4.98 Å². The van der Waals surface area contributed by atoms with Crippen molar-refractivity contribution in [1.29, 1.82) is 0 Å². The average Bonchev–Trinajstić information content (AvgIpc) is 2.50. The zero-order chi connectivity index (χ0) is 8.55. The third-order valence-corrected chi connectivity index (χ3v) is 1.70. The van der Waals surface area contributed by atoms with Gasteiger partial charge >= 0.3 is 0 Å².